The van der Waals surface area contributed by atoms with Crippen molar-refractivity contribution in [1.29, 1.82) is 0 Å². The maximum absolute atomic E-state index is 14.0. The summed E-state index contributed by atoms with van der Waals surface area (Å²) in [5, 5.41) is 18.2. The van der Waals surface area contributed by atoms with Crippen LogP contribution in [0, 0.1) is 13.8 Å². The second-order valence-electron chi connectivity index (χ2n) is 8.70. The Bertz CT molecular complexity index is 1840. The molecule has 1 atom stereocenters. The summed E-state index contributed by atoms with van der Waals surface area (Å²) in [5.41, 5.74) is 1.48. The van der Waals surface area contributed by atoms with Gasteiger partial charge in [-0.2, -0.15) is 0 Å². The zero-order valence-electron chi connectivity index (χ0n) is 26.3. The normalized spacial score (nSPS) is 11.6. The predicted molar refractivity (Wildman–Crippen MR) is 148 cm³/mol. The van der Waals surface area contributed by atoms with Crippen LogP contribution in [-0.4, -0.2) is 69.5 Å². The second-order valence-corrected chi connectivity index (χ2v) is 11.8. The Morgan fingerprint density at radius 2 is 1.74 bits per heavy atom. The van der Waals surface area contributed by atoms with Crippen molar-refractivity contribution in [3.05, 3.63) is 65.0 Å². The van der Waals surface area contributed by atoms with E-state index in [1.54, 1.807) is 13.1 Å². The van der Waals surface area contributed by atoms with Crippen LogP contribution >= 0.6 is 0 Å². The van der Waals surface area contributed by atoms with Crippen molar-refractivity contribution in [3.8, 4) is 17.2 Å². The number of imidazole rings is 1. The molecular weight excluding hydrogens is 624 g/mol. The van der Waals surface area contributed by atoms with Gasteiger partial charge in [0.15, 0.2) is 6.61 Å². The number of ether oxygens (including phenoxy) is 3. The molecule has 0 aliphatic carbocycles. The Labute approximate surface area is 296 Å². The van der Waals surface area contributed by atoms with Crippen LogP contribution in [0.1, 0.15) is 30.0 Å². The molecule has 2 N–H and O–H groups in total. The molecule has 13 nitrogen and oxygen atoms in total. The fraction of sp³-hybridized carbons (Fsp3) is 0.231. The van der Waals surface area contributed by atoms with E-state index in [-0.39, 0.29) is 89.7 Å². The van der Waals surface area contributed by atoms with Gasteiger partial charge in [-0.25, -0.2) is 27.0 Å². The number of benzene rings is 2. The van der Waals surface area contributed by atoms with Crippen LogP contribution in [0.3, 0.4) is 0 Å². The number of fused-ring (bicyclic) bond motifs is 1. The molecule has 0 saturated heterocycles. The molecule has 0 aliphatic heterocycles. The SMILES string of the molecule is COc1ccc2c(c1)nc(S(=O)Cc1ncc(C)c(OC)c1C)n2S(=O)(=O)c1ccc(OCC(=O)O)c(C(=O)O)c1.[H-].[H-].[Na+].[Na+]. The smallest absolute Gasteiger partial charge is 1.00 e. The van der Waals surface area contributed by atoms with Crippen LogP contribution in [0.4, 0.5) is 0 Å². The molecule has 2 aromatic carbocycles. The van der Waals surface area contributed by atoms with Gasteiger partial charge in [0, 0.05) is 23.4 Å². The molecule has 0 radical (unpaired) electrons. The van der Waals surface area contributed by atoms with E-state index in [1.807, 2.05) is 6.92 Å². The summed E-state index contributed by atoms with van der Waals surface area (Å²) in [6.45, 7) is 2.72. The number of nitrogens with zero attached hydrogens (tertiary/aromatic N) is 3. The number of aromatic carboxylic acids is 1. The first-order chi connectivity index (χ1) is 19.4. The van der Waals surface area contributed by atoms with Crippen molar-refractivity contribution in [3.63, 3.8) is 0 Å². The zero-order chi connectivity index (χ0) is 30.1. The molecule has 43 heavy (non-hydrogen) atoms. The van der Waals surface area contributed by atoms with E-state index < -0.39 is 49.8 Å². The number of rotatable bonds is 11. The van der Waals surface area contributed by atoms with Gasteiger partial charge in [0.2, 0.25) is 5.16 Å². The zero-order valence-corrected chi connectivity index (χ0v) is 29.9. The van der Waals surface area contributed by atoms with Gasteiger partial charge < -0.3 is 27.3 Å². The van der Waals surface area contributed by atoms with Crippen molar-refractivity contribution in [2.24, 2.45) is 0 Å². The quantitative estimate of drug-likeness (QED) is 0.157. The van der Waals surface area contributed by atoms with Crippen molar-refractivity contribution in [1.82, 2.24) is 13.9 Å². The van der Waals surface area contributed by atoms with E-state index in [9.17, 15) is 27.3 Å². The summed E-state index contributed by atoms with van der Waals surface area (Å²) in [7, 11) is -3.73. The first kappa shape index (κ1) is 36.7. The number of hydrogen-bond donors (Lipinski definition) is 2. The number of methoxy groups -OCH3 is 2. The van der Waals surface area contributed by atoms with Crippen molar-refractivity contribution >= 4 is 43.8 Å². The Kier molecular flexibility index (Phi) is 12.8. The average Bonchev–Trinajstić information content (AvgIpc) is 3.33. The molecular formula is C26H27N3Na2O10S2. The van der Waals surface area contributed by atoms with Crippen LogP contribution in [0.25, 0.3) is 11.0 Å². The molecule has 17 heteroatoms. The third-order valence-corrected chi connectivity index (χ3v) is 9.12. The molecule has 220 valence electrons. The Morgan fingerprint density at radius 3 is 2.35 bits per heavy atom. The maximum atomic E-state index is 14.0. The van der Waals surface area contributed by atoms with E-state index in [2.05, 4.69) is 9.97 Å². The number of aliphatic carboxylic acids is 1. The van der Waals surface area contributed by atoms with Crippen molar-refractivity contribution in [2.45, 2.75) is 29.7 Å². The molecule has 4 rings (SSSR count). The van der Waals surface area contributed by atoms with Crippen LogP contribution in [0.2, 0.25) is 0 Å². The molecule has 2 heterocycles. The summed E-state index contributed by atoms with van der Waals surface area (Å²) in [4.78, 5) is 31.0. The van der Waals surface area contributed by atoms with Crippen LogP contribution in [0.5, 0.6) is 17.2 Å². The van der Waals surface area contributed by atoms with Gasteiger partial charge in [0.1, 0.15) is 22.8 Å². The average molecular weight is 652 g/mol. The molecule has 0 amide bonds. The molecule has 0 saturated carbocycles. The van der Waals surface area contributed by atoms with E-state index in [1.165, 1.54) is 32.4 Å². The van der Waals surface area contributed by atoms with Crippen LogP contribution in [-0.2, 0) is 31.4 Å². The van der Waals surface area contributed by atoms with Gasteiger partial charge in [0.05, 0.1) is 52.4 Å². The molecule has 4 aromatic rings. The standard InChI is InChI=1S/C26H25N3O10S2.2Na.2H/c1-14-11-27-20(15(2)24(14)38-4)13-40(34)26-28-19-9-16(37-3)5-7-21(19)29(26)41(35,36)17-6-8-22(39-12-23(30)31)18(10-17)25(32)33;;;;/h5-11H,12-13H2,1-4H3,(H,30,31)(H,32,33);;;;/q;2*+1;2*-1. The van der Waals surface area contributed by atoms with Crippen LogP contribution in [0.15, 0.2) is 52.6 Å². The number of aryl methyl sites for hydroxylation is 1. The van der Waals surface area contributed by atoms with E-state index in [0.29, 0.717) is 22.8 Å². The predicted octanol–water partition coefficient (Wildman–Crippen LogP) is -3.00. The number of carboxylic acid groups (broad SMARTS) is 2. The minimum atomic E-state index is -4.60. The first-order valence-corrected chi connectivity index (χ1v) is 14.6. The van der Waals surface area contributed by atoms with Gasteiger partial charge in [-0.1, -0.05) is 0 Å². The summed E-state index contributed by atoms with van der Waals surface area (Å²) >= 11 is 0. The molecule has 0 spiro atoms. The Balaban J connectivity index is 0.00000484. The number of hydrogen-bond acceptors (Lipinski definition) is 10. The van der Waals surface area contributed by atoms with Gasteiger partial charge in [0.25, 0.3) is 10.0 Å². The van der Waals surface area contributed by atoms with Crippen LogP contribution < -0.4 is 73.3 Å². The molecule has 0 fully saturated rings. The van der Waals surface area contributed by atoms with Crippen molar-refractivity contribution < 1.29 is 109 Å². The minimum Gasteiger partial charge on any atom is -1.00 e. The van der Waals surface area contributed by atoms with Gasteiger partial charge in [-0.05, 0) is 44.2 Å². The third-order valence-electron chi connectivity index (χ3n) is 6.08. The summed E-state index contributed by atoms with van der Waals surface area (Å²) in [6, 6.07) is 7.37. The Morgan fingerprint density at radius 1 is 1.05 bits per heavy atom. The monoisotopic (exact) mass is 651 g/mol. The fourth-order valence-corrected chi connectivity index (χ4v) is 7.20. The van der Waals surface area contributed by atoms with Gasteiger partial charge >= 0.3 is 71.1 Å². The first-order valence-electron chi connectivity index (χ1n) is 11.8. The summed E-state index contributed by atoms with van der Waals surface area (Å²) in [6.07, 6.45) is 1.56. The number of aromatic nitrogens is 3. The fourth-order valence-electron chi connectivity index (χ4n) is 4.13. The summed E-state index contributed by atoms with van der Waals surface area (Å²) < 4.78 is 58.2. The molecule has 1 unspecified atom stereocenters. The minimum absolute atomic E-state index is 0. The largest absolute Gasteiger partial charge is 1.00 e. The molecule has 0 bridgehead atoms. The van der Waals surface area contributed by atoms with E-state index >= 15 is 0 Å². The second kappa shape index (κ2) is 15.0. The Hall–Kier alpha value is -2.50. The van der Waals surface area contributed by atoms with Gasteiger partial charge in [-0.15, -0.1) is 0 Å². The van der Waals surface area contributed by atoms with E-state index in [4.69, 9.17) is 19.3 Å². The maximum Gasteiger partial charge on any atom is 1.00 e. The number of pyridine rings is 1. The summed E-state index contributed by atoms with van der Waals surface area (Å²) in [5.74, 6) is -2.48. The number of carboxylic acids is 2. The topological polar surface area (TPSA) is 184 Å². The number of carbonyl (C=O) groups is 2. The van der Waals surface area contributed by atoms with Gasteiger partial charge in [-0.3, -0.25) is 9.19 Å². The molecule has 0 aliphatic rings. The van der Waals surface area contributed by atoms with E-state index in [0.717, 1.165) is 27.7 Å². The molecule has 2 aromatic heterocycles. The third kappa shape index (κ3) is 7.60. The van der Waals surface area contributed by atoms with Crippen molar-refractivity contribution in [2.75, 3.05) is 20.8 Å².